The van der Waals surface area contributed by atoms with Gasteiger partial charge >= 0.3 is 0 Å². The summed E-state index contributed by atoms with van der Waals surface area (Å²) in [6.07, 6.45) is 6.91. The molecule has 0 aliphatic heterocycles. The molecule has 1 fully saturated rings. The maximum absolute atomic E-state index is 4.58. The van der Waals surface area contributed by atoms with Gasteiger partial charge in [-0.3, -0.25) is 0 Å². The Labute approximate surface area is 142 Å². The Bertz CT molecular complexity index is 617. The van der Waals surface area contributed by atoms with E-state index >= 15 is 0 Å². The molecule has 1 aromatic carbocycles. The largest absolute Gasteiger partial charge is 0.324 e. The average Bonchev–Trinajstić information content (AvgIpc) is 3.02. The number of nitrogens with one attached hydrogen (secondary N) is 2. The summed E-state index contributed by atoms with van der Waals surface area (Å²) in [6, 6.07) is 8.37. The fourth-order valence-electron chi connectivity index (χ4n) is 3.15. The summed E-state index contributed by atoms with van der Waals surface area (Å²) in [5, 5.41) is 11.6. The zero-order valence-corrected chi connectivity index (χ0v) is 14.8. The molecule has 0 spiro atoms. The standard InChI is InChI=1S/C18H26N4S/c1-13(2)15-10-6-7-11-16(15)19-17-20-18(22-21-17)23-12-14-8-4-3-5-9-14/h6-7,10-11,13-14H,3-5,8-9,12H2,1-2H3,(H2,19,20,21,22). The lowest BCUT2D eigenvalue weighted by atomic mass is 9.91. The monoisotopic (exact) mass is 330 g/mol. The molecule has 0 radical (unpaired) electrons. The van der Waals surface area contributed by atoms with Gasteiger partial charge in [0.1, 0.15) is 0 Å². The van der Waals surface area contributed by atoms with Gasteiger partial charge in [0.2, 0.25) is 11.1 Å². The van der Waals surface area contributed by atoms with E-state index in [-0.39, 0.29) is 0 Å². The van der Waals surface area contributed by atoms with Crippen LogP contribution in [0.4, 0.5) is 11.6 Å². The number of H-pyrrole nitrogens is 1. The van der Waals surface area contributed by atoms with Crippen molar-refractivity contribution in [2.24, 2.45) is 5.92 Å². The number of hydrogen-bond donors (Lipinski definition) is 2. The normalized spacial score (nSPS) is 16.0. The second-order valence-corrected chi connectivity index (χ2v) is 7.64. The van der Waals surface area contributed by atoms with Gasteiger partial charge in [0.25, 0.3) is 0 Å². The lowest BCUT2D eigenvalue weighted by Crippen LogP contribution is -2.08. The predicted molar refractivity (Wildman–Crippen MR) is 97.5 cm³/mol. The number of thioether (sulfide) groups is 1. The Morgan fingerprint density at radius 3 is 2.78 bits per heavy atom. The van der Waals surface area contributed by atoms with Crippen LogP contribution in [-0.4, -0.2) is 20.9 Å². The van der Waals surface area contributed by atoms with Crippen LogP contribution in [0.3, 0.4) is 0 Å². The molecule has 1 aliphatic carbocycles. The molecule has 1 heterocycles. The zero-order chi connectivity index (χ0) is 16.1. The quantitative estimate of drug-likeness (QED) is 0.702. The fourth-order valence-corrected chi connectivity index (χ4v) is 4.14. The lowest BCUT2D eigenvalue weighted by molar-refractivity contribution is 0.391. The van der Waals surface area contributed by atoms with E-state index in [0.29, 0.717) is 5.92 Å². The molecular weight excluding hydrogens is 304 g/mol. The minimum absolute atomic E-state index is 0.474. The summed E-state index contributed by atoms with van der Waals surface area (Å²) < 4.78 is 0. The van der Waals surface area contributed by atoms with E-state index in [2.05, 4.69) is 52.5 Å². The van der Waals surface area contributed by atoms with Gasteiger partial charge in [0, 0.05) is 11.4 Å². The molecule has 1 saturated carbocycles. The number of aromatic nitrogens is 3. The number of anilines is 2. The summed E-state index contributed by atoms with van der Waals surface area (Å²) in [7, 11) is 0. The number of para-hydroxylation sites is 1. The SMILES string of the molecule is CC(C)c1ccccc1Nc1nc(SCC2CCCCC2)n[nH]1. The lowest BCUT2D eigenvalue weighted by Gasteiger charge is -2.20. The molecule has 1 aromatic heterocycles. The van der Waals surface area contributed by atoms with Crippen LogP contribution in [0, 0.1) is 5.92 Å². The Morgan fingerprint density at radius 2 is 2.00 bits per heavy atom. The van der Waals surface area contributed by atoms with E-state index in [1.165, 1.54) is 37.7 Å². The minimum Gasteiger partial charge on any atom is -0.324 e. The Balaban J connectivity index is 1.59. The van der Waals surface area contributed by atoms with Gasteiger partial charge < -0.3 is 5.32 Å². The maximum atomic E-state index is 4.58. The predicted octanol–water partition coefficient (Wildman–Crippen LogP) is 5.34. The number of aromatic amines is 1. The molecular formula is C18H26N4S. The molecule has 3 rings (SSSR count). The van der Waals surface area contributed by atoms with Crippen LogP contribution in [0.1, 0.15) is 57.4 Å². The third-order valence-corrected chi connectivity index (χ3v) is 5.55. The van der Waals surface area contributed by atoms with Gasteiger partial charge in [0.05, 0.1) is 0 Å². The summed E-state index contributed by atoms with van der Waals surface area (Å²) >= 11 is 1.78. The van der Waals surface area contributed by atoms with Crippen molar-refractivity contribution in [3.8, 4) is 0 Å². The van der Waals surface area contributed by atoms with E-state index in [0.717, 1.165) is 28.5 Å². The molecule has 1 aliphatic rings. The second kappa shape index (κ2) is 7.86. The van der Waals surface area contributed by atoms with E-state index in [9.17, 15) is 0 Å². The topological polar surface area (TPSA) is 53.6 Å². The van der Waals surface area contributed by atoms with E-state index in [1.54, 1.807) is 11.8 Å². The van der Waals surface area contributed by atoms with Gasteiger partial charge in [0.15, 0.2) is 0 Å². The number of benzene rings is 1. The molecule has 2 aromatic rings. The van der Waals surface area contributed by atoms with Crippen LogP contribution in [0.5, 0.6) is 0 Å². The molecule has 0 amide bonds. The average molecular weight is 331 g/mol. The van der Waals surface area contributed by atoms with Crippen molar-refractivity contribution < 1.29 is 0 Å². The van der Waals surface area contributed by atoms with Crippen LogP contribution in [0.25, 0.3) is 0 Å². The summed E-state index contributed by atoms with van der Waals surface area (Å²) in [4.78, 5) is 4.58. The van der Waals surface area contributed by atoms with Crippen molar-refractivity contribution in [1.82, 2.24) is 15.2 Å². The van der Waals surface area contributed by atoms with Crippen molar-refractivity contribution in [3.05, 3.63) is 29.8 Å². The van der Waals surface area contributed by atoms with Crippen LogP contribution < -0.4 is 5.32 Å². The molecule has 0 atom stereocenters. The van der Waals surface area contributed by atoms with Crippen molar-refractivity contribution >= 4 is 23.4 Å². The Morgan fingerprint density at radius 1 is 1.22 bits per heavy atom. The highest BCUT2D eigenvalue weighted by molar-refractivity contribution is 7.99. The molecule has 0 unspecified atom stereocenters. The summed E-state index contributed by atoms with van der Waals surface area (Å²) in [6.45, 7) is 4.40. The molecule has 23 heavy (non-hydrogen) atoms. The molecule has 0 saturated heterocycles. The van der Waals surface area contributed by atoms with E-state index < -0.39 is 0 Å². The van der Waals surface area contributed by atoms with Crippen LogP contribution in [0.2, 0.25) is 0 Å². The summed E-state index contributed by atoms with van der Waals surface area (Å²) in [5.41, 5.74) is 2.39. The first-order valence-corrected chi connectivity index (χ1v) is 9.62. The molecule has 4 nitrogen and oxygen atoms in total. The van der Waals surface area contributed by atoms with Crippen molar-refractivity contribution in [1.29, 1.82) is 0 Å². The van der Waals surface area contributed by atoms with Gasteiger partial charge in [-0.2, -0.15) is 4.98 Å². The highest BCUT2D eigenvalue weighted by Crippen LogP contribution is 2.30. The first kappa shape index (κ1) is 16.4. The third kappa shape index (κ3) is 4.50. The first-order chi connectivity index (χ1) is 11.2. The van der Waals surface area contributed by atoms with E-state index in [4.69, 9.17) is 0 Å². The maximum Gasteiger partial charge on any atom is 0.223 e. The fraction of sp³-hybridized carbons (Fsp3) is 0.556. The van der Waals surface area contributed by atoms with E-state index in [1.807, 2.05) is 6.07 Å². The second-order valence-electron chi connectivity index (χ2n) is 6.65. The molecule has 5 heteroatoms. The summed E-state index contributed by atoms with van der Waals surface area (Å²) in [5.74, 6) is 3.18. The smallest absolute Gasteiger partial charge is 0.223 e. The van der Waals surface area contributed by atoms with Gasteiger partial charge in [-0.05, 0) is 36.3 Å². The Kier molecular flexibility index (Phi) is 5.60. The van der Waals surface area contributed by atoms with Crippen LogP contribution in [-0.2, 0) is 0 Å². The first-order valence-electron chi connectivity index (χ1n) is 8.63. The third-order valence-electron chi connectivity index (χ3n) is 4.47. The zero-order valence-electron chi connectivity index (χ0n) is 14.0. The van der Waals surface area contributed by atoms with Gasteiger partial charge in [-0.1, -0.05) is 63.1 Å². The Hall–Kier alpha value is -1.49. The minimum atomic E-state index is 0.474. The van der Waals surface area contributed by atoms with Crippen LogP contribution >= 0.6 is 11.8 Å². The van der Waals surface area contributed by atoms with Crippen molar-refractivity contribution in [2.75, 3.05) is 11.1 Å². The van der Waals surface area contributed by atoms with Crippen LogP contribution in [0.15, 0.2) is 29.4 Å². The van der Waals surface area contributed by atoms with Crippen molar-refractivity contribution in [2.45, 2.75) is 57.0 Å². The number of hydrogen-bond acceptors (Lipinski definition) is 4. The highest BCUT2D eigenvalue weighted by Gasteiger charge is 2.15. The molecule has 0 bridgehead atoms. The number of nitrogens with zero attached hydrogens (tertiary/aromatic N) is 2. The van der Waals surface area contributed by atoms with Crippen molar-refractivity contribution in [3.63, 3.8) is 0 Å². The van der Waals surface area contributed by atoms with Gasteiger partial charge in [-0.25, -0.2) is 5.10 Å². The highest BCUT2D eigenvalue weighted by atomic mass is 32.2. The molecule has 2 N–H and O–H groups in total. The molecule has 124 valence electrons. The number of rotatable bonds is 6. The van der Waals surface area contributed by atoms with Gasteiger partial charge in [-0.15, -0.1) is 5.10 Å².